The molecule has 0 aliphatic heterocycles. The van der Waals surface area contributed by atoms with Crippen LogP contribution in [0.3, 0.4) is 0 Å². The van der Waals surface area contributed by atoms with Crippen LogP contribution in [-0.4, -0.2) is 13.3 Å². The zero-order valence-electron chi connectivity index (χ0n) is 5.35. The summed E-state index contributed by atoms with van der Waals surface area (Å²) in [4.78, 5) is 3.52. The number of allylic oxidation sites excluding steroid dienone is 1. The van der Waals surface area contributed by atoms with Crippen molar-refractivity contribution < 1.29 is 4.74 Å². The molecule has 0 unspecified atom stereocenters. The van der Waals surface area contributed by atoms with Crippen LogP contribution >= 0.6 is 0 Å². The molecule has 0 amide bonds. The zero-order valence-corrected chi connectivity index (χ0v) is 5.35. The van der Waals surface area contributed by atoms with Gasteiger partial charge >= 0.3 is 0 Å². The molecule has 8 heavy (non-hydrogen) atoms. The summed E-state index contributed by atoms with van der Waals surface area (Å²) in [6.45, 7) is 7.75. The van der Waals surface area contributed by atoms with Gasteiger partial charge in [-0.05, 0) is 20.6 Å². The van der Waals surface area contributed by atoms with E-state index in [4.69, 9.17) is 4.74 Å². The Hall–Kier alpha value is -0.790. The average Bonchev–Trinajstić information content (AvgIpc) is 1.68. The van der Waals surface area contributed by atoms with Crippen LogP contribution in [0.15, 0.2) is 17.0 Å². The van der Waals surface area contributed by atoms with E-state index in [0.29, 0.717) is 6.61 Å². The first-order valence-corrected chi connectivity index (χ1v) is 2.56. The van der Waals surface area contributed by atoms with E-state index in [1.807, 2.05) is 13.8 Å². The summed E-state index contributed by atoms with van der Waals surface area (Å²) in [5.41, 5.74) is 0. The lowest BCUT2D eigenvalue weighted by molar-refractivity contribution is 0.230. The summed E-state index contributed by atoms with van der Waals surface area (Å²) in [5, 5.41) is 0. The van der Waals surface area contributed by atoms with E-state index in [1.54, 1.807) is 6.20 Å². The molecule has 0 saturated heterocycles. The van der Waals surface area contributed by atoms with Crippen molar-refractivity contribution in [2.45, 2.75) is 13.8 Å². The quantitative estimate of drug-likeness (QED) is 0.402. The van der Waals surface area contributed by atoms with Gasteiger partial charge in [-0.15, -0.1) is 0 Å². The van der Waals surface area contributed by atoms with Crippen LogP contribution in [0.25, 0.3) is 0 Å². The third-order valence-electron chi connectivity index (χ3n) is 0.645. The van der Waals surface area contributed by atoms with Gasteiger partial charge in [0.15, 0.2) is 0 Å². The molecule has 0 heterocycles. The van der Waals surface area contributed by atoms with Gasteiger partial charge < -0.3 is 4.74 Å². The molecule has 0 spiro atoms. The van der Waals surface area contributed by atoms with Gasteiger partial charge in [-0.2, -0.15) is 0 Å². The number of aliphatic imine (C=N–C) groups is 1. The first-order chi connectivity index (χ1) is 3.81. The van der Waals surface area contributed by atoms with Crippen LogP contribution in [0.4, 0.5) is 0 Å². The Morgan fingerprint density at radius 2 is 2.50 bits per heavy atom. The highest BCUT2D eigenvalue weighted by Gasteiger charge is 1.80. The number of hydrogen-bond donors (Lipinski definition) is 0. The normalized spacial score (nSPS) is 11.0. The van der Waals surface area contributed by atoms with Crippen molar-refractivity contribution in [3.8, 4) is 0 Å². The highest BCUT2D eigenvalue weighted by Crippen LogP contribution is 1.92. The molecule has 46 valence electrons. The first-order valence-electron chi connectivity index (χ1n) is 2.56. The Kier molecular flexibility index (Phi) is 3.94. The maximum Gasteiger partial charge on any atom is 0.111 e. The van der Waals surface area contributed by atoms with Gasteiger partial charge in [0.25, 0.3) is 0 Å². The predicted octanol–water partition coefficient (Wildman–Crippen LogP) is 1.58. The summed E-state index contributed by atoms with van der Waals surface area (Å²) in [6.07, 6.45) is 1.59. The second kappa shape index (κ2) is 4.37. The largest absolute Gasteiger partial charge is 0.497 e. The van der Waals surface area contributed by atoms with Crippen LogP contribution in [0, 0.1) is 0 Å². The maximum atomic E-state index is 5.01. The monoisotopic (exact) mass is 113 g/mol. The summed E-state index contributed by atoms with van der Waals surface area (Å²) >= 11 is 0. The SMILES string of the molecule is C=N/C=C(\C)OCC. The third-order valence-corrected chi connectivity index (χ3v) is 0.645. The van der Waals surface area contributed by atoms with Gasteiger partial charge in [0, 0.05) is 0 Å². The van der Waals surface area contributed by atoms with Crippen LogP contribution in [-0.2, 0) is 4.74 Å². The van der Waals surface area contributed by atoms with Crippen LogP contribution in [0.2, 0.25) is 0 Å². The predicted molar refractivity (Wildman–Crippen MR) is 34.9 cm³/mol. The number of ether oxygens (including phenoxy) is 1. The second-order valence-electron chi connectivity index (χ2n) is 1.36. The molecule has 0 aliphatic rings. The summed E-state index contributed by atoms with van der Waals surface area (Å²) < 4.78 is 5.01. The van der Waals surface area contributed by atoms with Gasteiger partial charge in [-0.25, -0.2) is 0 Å². The van der Waals surface area contributed by atoms with Crippen LogP contribution in [0.1, 0.15) is 13.8 Å². The van der Waals surface area contributed by atoms with Gasteiger partial charge in [-0.1, -0.05) is 0 Å². The molecule has 0 saturated carbocycles. The Bertz CT molecular complexity index is 96.7. The molecule has 0 N–H and O–H groups in total. The second-order valence-corrected chi connectivity index (χ2v) is 1.36. The smallest absolute Gasteiger partial charge is 0.111 e. The minimum absolute atomic E-state index is 0.692. The van der Waals surface area contributed by atoms with Gasteiger partial charge in [-0.3, -0.25) is 4.99 Å². The topological polar surface area (TPSA) is 21.6 Å². The van der Waals surface area contributed by atoms with Crippen molar-refractivity contribution in [2.24, 2.45) is 4.99 Å². The highest BCUT2D eigenvalue weighted by atomic mass is 16.5. The Balaban J connectivity index is 3.44. The molecule has 0 aromatic rings. The van der Waals surface area contributed by atoms with E-state index >= 15 is 0 Å². The molecule has 0 radical (unpaired) electrons. The third kappa shape index (κ3) is 3.40. The summed E-state index contributed by atoms with van der Waals surface area (Å²) in [7, 11) is 0. The molecule has 2 heteroatoms. The van der Waals surface area contributed by atoms with Crippen molar-refractivity contribution in [2.75, 3.05) is 6.61 Å². The minimum atomic E-state index is 0.692. The fourth-order valence-electron chi connectivity index (χ4n) is 0.393. The number of nitrogens with zero attached hydrogens (tertiary/aromatic N) is 1. The van der Waals surface area contributed by atoms with E-state index in [2.05, 4.69) is 11.7 Å². The molecule has 0 fully saturated rings. The van der Waals surface area contributed by atoms with Crippen molar-refractivity contribution in [1.82, 2.24) is 0 Å². The molecular weight excluding hydrogens is 102 g/mol. The molecule has 2 nitrogen and oxygen atoms in total. The lowest BCUT2D eigenvalue weighted by Crippen LogP contribution is -1.84. The minimum Gasteiger partial charge on any atom is -0.497 e. The van der Waals surface area contributed by atoms with Gasteiger partial charge in [0.2, 0.25) is 0 Å². The van der Waals surface area contributed by atoms with Crippen molar-refractivity contribution in [3.63, 3.8) is 0 Å². The summed E-state index contributed by atoms with van der Waals surface area (Å²) in [5.74, 6) is 0.808. The fourth-order valence-corrected chi connectivity index (χ4v) is 0.393. The van der Waals surface area contributed by atoms with E-state index < -0.39 is 0 Å². The Morgan fingerprint density at radius 3 is 2.88 bits per heavy atom. The molecule has 0 bridgehead atoms. The molecule has 0 aromatic carbocycles. The lowest BCUT2D eigenvalue weighted by Gasteiger charge is -1.97. The highest BCUT2D eigenvalue weighted by molar-refractivity contribution is 5.25. The van der Waals surface area contributed by atoms with Crippen molar-refractivity contribution >= 4 is 6.72 Å². The van der Waals surface area contributed by atoms with Gasteiger partial charge in [0.05, 0.1) is 12.8 Å². The lowest BCUT2D eigenvalue weighted by atomic mass is 10.6. The van der Waals surface area contributed by atoms with E-state index in [1.165, 1.54) is 0 Å². The molecular formula is C6H11NO. The molecule has 0 aliphatic carbocycles. The standard InChI is InChI=1S/C6H11NO/c1-4-8-6(2)5-7-3/h5H,3-4H2,1-2H3/b6-5+. The zero-order chi connectivity index (χ0) is 6.41. The molecule has 0 aromatic heterocycles. The molecule has 0 rings (SSSR count). The van der Waals surface area contributed by atoms with Gasteiger partial charge in [0.1, 0.15) is 5.76 Å². The van der Waals surface area contributed by atoms with Crippen molar-refractivity contribution in [1.29, 1.82) is 0 Å². The van der Waals surface area contributed by atoms with E-state index in [0.717, 1.165) is 5.76 Å². The average molecular weight is 113 g/mol. The summed E-state index contributed by atoms with van der Waals surface area (Å²) in [6, 6.07) is 0. The van der Waals surface area contributed by atoms with Crippen LogP contribution in [0.5, 0.6) is 0 Å². The molecule has 0 atom stereocenters. The van der Waals surface area contributed by atoms with E-state index in [-0.39, 0.29) is 0 Å². The number of hydrogen-bond acceptors (Lipinski definition) is 2. The Labute approximate surface area is 49.9 Å². The van der Waals surface area contributed by atoms with E-state index in [9.17, 15) is 0 Å². The Morgan fingerprint density at radius 1 is 1.88 bits per heavy atom. The van der Waals surface area contributed by atoms with Crippen molar-refractivity contribution in [3.05, 3.63) is 12.0 Å². The maximum absolute atomic E-state index is 5.01. The van der Waals surface area contributed by atoms with Crippen LogP contribution < -0.4 is 0 Å². The fraction of sp³-hybridized carbons (Fsp3) is 0.500. The number of rotatable bonds is 3. The first kappa shape index (κ1) is 7.21.